The Kier molecular flexibility index (Phi) is 3.33. The summed E-state index contributed by atoms with van der Waals surface area (Å²) in [5.74, 6) is 0.772. The largest absolute Gasteiger partial charge is 0.497 e. The fourth-order valence-corrected chi connectivity index (χ4v) is 2.74. The van der Waals surface area contributed by atoms with E-state index in [2.05, 4.69) is 15.3 Å². The van der Waals surface area contributed by atoms with Crippen LogP contribution in [-0.4, -0.2) is 26.9 Å². The predicted octanol–water partition coefficient (Wildman–Crippen LogP) is 1.81. The van der Waals surface area contributed by atoms with E-state index in [9.17, 15) is 4.79 Å². The van der Waals surface area contributed by atoms with Gasteiger partial charge in [0.05, 0.1) is 7.11 Å². The van der Waals surface area contributed by atoms with E-state index < -0.39 is 0 Å². The summed E-state index contributed by atoms with van der Waals surface area (Å²) in [6.07, 6.45) is 0.412. The number of hydrogen-bond acceptors (Lipinski definition) is 6. The van der Waals surface area contributed by atoms with Crippen molar-refractivity contribution in [1.82, 2.24) is 19.8 Å². The molecule has 3 aromatic rings. The van der Waals surface area contributed by atoms with Gasteiger partial charge < -0.3 is 4.74 Å². The minimum atomic E-state index is -0.224. The molecule has 0 aliphatic carbocycles. The van der Waals surface area contributed by atoms with Gasteiger partial charge in [0.2, 0.25) is 4.96 Å². The number of ether oxygens (including phenoxy) is 1. The number of hydrogen-bond donors (Lipinski definition) is 1. The first kappa shape index (κ1) is 12.9. The van der Waals surface area contributed by atoms with Crippen molar-refractivity contribution in [3.05, 3.63) is 49.8 Å². The lowest BCUT2D eigenvalue weighted by Crippen LogP contribution is -2.22. The highest BCUT2D eigenvalue weighted by Gasteiger charge is 2.09. The summed E-state index contributed by atoms with van der Waals surface area (Å²) < 4.78 is 6.92. The summed E-state index contributed by atoms with van der Waals surface area (Å²) in [4.78, 5) is 12.7. The normalized spacial score (nSPS) is 10.8. The van der Waals surface area contributed by atoms with Gasteiger partial charge in [-0.05, 0) is 29.9 Å². The summed E-state index contributed by atoms with van der Waals surface area (Å²) in [6, 6.07) is 7.48. The van der Waals surface area contributed by atoms with Crippen molar-refractivity contribution >= 4 is 28.5 Å². The predicted molar refractivity (Wildman–Crippen MR) is 78.1 cm³/mol. The summed E-state index contributed by atoms with van der Waals surface area (Å²) in [7, 11) is 1.61. The third kappa shape index (κ3) is 2.35. The highest BCUT2D eigenvalue weighted by molar-refractivity contribution is 7.73. The maximum atomic E-state index is 12.2. The number of aromatic amines is 1. The molecule has 0 unspecified atom stereocenters. The Hall–Kier alpha value is -2.06. The van der Waals surface area contributed by atoms with Gasteiger partial charge in [-0.25, -0.2) is 0 Å². The van der Waals surface area contributed by atoms with Gasteiger partial charge in [-0.2, -0.15) is 4.52 Å². The smallest absolute Gasteiger partial charge is 0.295 e. The molecule has 0 saturated heterocycles. The van der Waals surface area contributed by atoms with Gasteiger partial charge in [-0.3, -0.25) is 9.89 Å². The van der Waals surface area contributed by atoms with Crippen LogP contribution < -0.4 is 10.3 Å². The van der Waals surface area contributed by atoms with Crippen molar-refractivity contribution in [1.29, 1.82) is 0 Å². The van der Waals surface area contributed by atoms with Crippen molar-refractivity contribution in [2.75, 3.05) is 7.11 Å². The fourth-order valence-electron chi connectivity index (χ4n) is 1.82. The van der Waals surface area contributed by atoms with Crippen LogP contribution in [0.1, 0.15) is 11.3 Å². The number of nitrogens with zero attached hydrogens (tertiary/aromatic N) is 3. The number of methoxy groups -OCH3 is 1. The molecule has 0 radical (unpaired) electrons. The van der Waals surface area contributed by atoms with E-state index in [1.54, 1.807) is 7.11 Å². The number of fused-ring (bicyclic) bond motifs is 1. The summed E-state index contributed by atoms with van der Waals surface area (Å²) >= 11 is 6.21. The van der Waals surface area contributed by atoms with Crippen LogP contribution in [0.3, 0.4) is 0 Å². The molecule has 20 heavy (non-hydrogen) atoms. The maximum Gasteiger partial charge on any atom is 0.295 e. The number of rotatable bonds is 3. The molecular formula is C12H10N4O2S2. The number of aromatic nitrogens is 4. The Morgan fingerprint density at radius 2 is 2.10 bits per heavy atom. The fraction of sp³-hybridized carbons (Fsp3) is 0.167. The van der Waals surface area contributed by atoms with Gasteiger partial charge in [0.15, 0.2) is 3.95 Å². The molecule has 2 heterocycles. The molecule has 0 atom stereocenters. The summed E-state index contributed by atoms with van der Waals surface area (Å²) in [5.41, 5.74) is 1.11. The molecule has 1 N–H and O–H groups in total. The van der Waals surface area contributed by atoms with Gasteiger partial charge in [0.1, 0.15) is 11.4 Å². The second-order valence-electron chi connectivity index (χ2n) is 4.10. The first-order valence-corrected chi connectivity index (χ1v) is 7.00. The van der Waals surface area contributed by atoms with Gasteiger partial charge in [0.25, 0.3) is 5.56 Å². The molecule has 0 aliphatic heterocycles. The number of nitrogens with one attached hydrogen (secondary N) is 1. The Labute approximate surface area is 122 Å². The molecular weight excluding hydrogens is 296 g/mol. The molecule has 0 fully saturated rings. The first-order valence-electron chi connectivity index (χ1n) is 5.78. The maximum absolute atomic E-state index is 12.2. The van der Waals surface area contributed by atoms with E-state index in [4.69, 9.17) is 17.0 Å². The second kappa shape index (κ2) is 5.14. The highest BCUT2D eigenvalue weighted by atomic mass is 32.1. The van der Waals surface area contributed by atoms with Crippen LogP contribution in [0.25, 0.3) is 4.96 Å². The van der Waals surface area contributed by atoms with Crippen LogP contribution in [0.4, 0.5) is 0 Å². The third-order valence-corrected chi connectivity index (χ3v) is 3.88. The minimum absolute atomic E-state index is 0.224. The molecule has 3 rings (SSSR count). The number of benzene rings is 1. The van der Waals surface area contributed by atoms with Gasteiger partial charge in [0, 0.05) is 6.42 Å². The van der Waals surface area contributed by atoms with E-state index in [1.165, 1.54) is 15.9 Å². The topological polar surface area (TPSA) is 72.3 Å². The quantitative estimate of drug-likeness (QED) is 0.747. The zero-order valence-electron chi connectivity index (χ0n) is 10.5. The van der Waals surface area contributed by atoms with Crippen molar-refractivity contribution < 1.29 is 4.74 Å². The van der Waals surface area contributed by atoms with Crippen molar-refractivity contribution in [3.8, 4) is 5.75 Å². The van der Waals surface area contributed by atoms with E-state index in [0.717, 1.165) is 11.3 Å². The molecule has 2 aromatic heterocycles. The minimum Gasteiger partial charge on any atom is -0.497 e. The zero-order chi connectivity index (χ0) is 14.1. The molecule has 0 saturated carbocycles. The monoisotopic (exact) mass is 306 g/mol. The van der Waals surface area contributed by atoms with Crippen LogP contribution >= 0.6 is 23.6 Å². The SMILES string of the molecule is COc1ccc(Cc2nnc3sc(=S)[nH]n3c2=O)cc1. The molecule has 0 bridgehead atoms. The van der Waals surface area contributed by atoms with Crippen molar-refractivity contribution in [3.63, 3.8) is 0 Å². The van der Waals surface area contributed by atoms with Crippen LogP contribution in [0.2, 0.25) is 0 Å². The Bertz CT molecular complexity index is 864. The third-order valence-electron chi connectivity index (χ3n) is 2.82. The Morgan fingerprint density at radius 3 is 2.80 bits per heavy atom. The van der Waals surface area contributed by atoms with Crippen LogP contribution in [-0.2, 0) is 6.42 Å². The molecule has 0 amide bonds. The zero-order valence-corrected chi connectivity index (χ0v) is 12.1. The highest BCUT2D eigenvalue weighted by Crippen LogP contribution is 2.13. The molecule has 102 valence electrons. The molecule has 0 aliphatic rings. The molecule has 0 spiro atoms. The van der Waals surface area contributed by atoms with Crippen LogP contribution in [0.5, 0.6) is 5.75 Å². The standard InChI is InChI=1S/C12H10N4O2S2/c1-18-8-4-2-7(3-5-8)6-9-10(17)16-11(14-13-9)20-12(19)15-16/h2-5H,6H2,1H3,(H,15,19). The Morgan fingerprint density at radius 1 is 1.35 bits per heavy atom. The van der Waals surface area contributed by atoms with Crippen LogP contribution in [0.15, 0.2) is 29.1 Å². The first-order chi connectivity index (χ1) is 9.67. The van der Waals surface area contributed by atoms with Crippen molar-refractivity contribution in [2.45, 2.75) is 6.42 Å². The lowest BCUT2D eigenvalue weighted by molar-refractivity contribution is 0.414. The number of H-pyrrole nitrogens is 1. The van der Waals surface area contributed by atoms with Gasteiger partial charge in [-0.1, -0.05) is 23.5 Å². The average molecular weight is 306 g/mol. The second-order valence-corrected chi connectivity index (χ2v) is 5.74. The van der Waals surface area contributed by atoms with E-state index in [0.29, 0.717) is 21.0 Å². The lowest BCUT2D eigenvalue weighted by atomic mass is 10.1. The van der Waals surface area contributed by atoms with E-state index >= 15 is 0 Å². The molecule has 6 nitrogen and oxygen atoms in total. The van der Waals surface area contributed by atoms with Gasteiger partial charge in [-0.15, -0.1) is 10.2 Å². The summed E-state index contributed by atoms with van der Waals surface area (Å²) in [6.45, 7) is 0. The summed E-state index contributed by atoms with van der Waals surface area (Å²) in [5, 5.41) is 10.8. The van der Waals surface area contributed by atoms with E-state index in [-0.39, 0.29) is 5.56 Å². The van der Waals surface area contributed by atoms with Crippen molar-refractivity contribution in [2.24, 2.45) is 0 Å². The average Bonchev–Trinajstić information content (AvgIpc) is 2.84. The van der Waals surface area contributed by atoms with Gasteiger partial charge >= 0.3 is 0 Å². The Balaban J connectivity index is 1.99. The molecule has 1 aromatic carbocycles. The van der Waals surface area contributed by atoms with Crippen LogP contribution in [0, 0.1) is 3.95 Å². The van der Waals surface area contributed by atoms with E-state index in [1.807, 2.05) is 24.3 Å². The lowest BCUT2D eigenvalue weighted by Gasteiger charge is -2.02. The molecule has 8 heteroatoms.